The van der Waals surface area contributed by atoms with Crippen LogP contribution in [-0.4, -0.2) is 22.9 Å². The van der Waals surface area contributed by atoms with Gasteiger partial charge in [0.25, 0.3) is 0 Å². The molecule has 0 saturated heterocycles. The van der Waals surface area contributed by atoms with Gasteiger partial charge in [0.1, 0.15) is 0 Å². The van der Waals surface area contributed by atoms with Crippen LogP contribution in [0.25, 0.3) is 0 Å². The van der Waals surface area contributed by atoms with Crippen molar-refractivity contribution in [2.75, 3.05) is 6.61 Å². The molecule has 0 fully saturated rings. The summed E-state index contributed by atoms with van der Waals surface area (Å²) in [6.45, 7) is 3.25. The molecule has 0 atom stereocenters. The SMILES string of the molecule is Cc1cc(C)c(CO)c(OCCCC(F)(F)F)n1. The first-order chi connectivity index (χ1) is 8.33. The van der Waals surface area contributed by atoms with Gasteiger partial charge in [-0.3, -0.25) is 0 Å². The van der Waals surface area contributed by atoms with Crippen LogP contribution in [0, 0.1) is 13.8 Å². The van der Waals surface area contributed by atoms with Crippen molar-refractivity contribution in [3.8, 4) is 5.88 Å². The Bertz CT molecular complexity index is 405. The van der Waals surface area contributed by atoms with Crippen molar-refractivity contribution in [2.45, 2.75) is 39.5 Å². The Morgan fingerprint density at radius 3 is 2.56 bits per heavy atom. The molecule has 102 valence electrons. The van der Waals surface area contributed by atoms with Crippen LogP contribution >= 0.6 is 0 Å². The third-order valence-electron chi connectivity index (χ3n) is 2.44. The minimum Gasteiger partial charge on any atom is -0.477 e. The zero-order valence-electron chi connectivity index (χ0n) is 10.3. The van der Waals surface area contributed by atoms with E-state index >= 15 is 0 Å². The van der Waals surface area contributed by atoms with Gasteiger partial charge in [-0.15, -0.1) is 0 Å². The van der Waals surface area contributed by atoms with Gasteiger partial charge in [-0.2, -0.15) is 13.2 Å². The number of hydrogen-bond acceptors (Lipinski definition) is 3. The molecule has 1 aromatic heterocycles. The molecule has 3 nitrogen and oxygen atoms in total. The number of aromatic nitrogens is 1. The van der Waals surface area contributed by atoms with Crippen LogP contribution in [0.3, 0.4) is 0 Å². The topological polar surface area (TPSA) is 42.4 Å². The van der Waals surface area contributed by atoms with Crippen molar-refractivity contribution in [3.05, 3.63) is 22.9 Å². The molecule has 0 aliphatic heterocycles. The van der Waals surface area contributed by atoms with Gasteiger partial charge in [-0.25, -0.2) is 4.98 Å². The van der Waals surface area contributed by atoms with Crippen molar-refractivity contribution in [3.63, 3.8) is 0 Å². The van der Waals surface area contributed by atoms with Gasteiger partial charge in [0, 0.05) is 17.7 Å². The lowest BCUT2D eigenvalue weighted by atomic mass is 10.1. The number of alkyl halides is 3. The second kappa shape index (κ2) is 6.04. The highest BCUT2D eigenvalue weighted by atomic mass is 19.4. The summed E-state index contributed by atoms with van der Waals surface area (Å²) in [6, 6.07) is 1.79. The number of aliphatic hydroxyl groups excluding tert-OH is 1. The fraction of sp³-hybridized carbons (Fsp3) is 0.583. The highest BCUT2D eigenvalue weighted by Gasteiger charge is 2.26. The number of aliphatic hydroxyl groups is 1. The molecule has 18 heavy (non-hydrogen) atoms. The Balaban J connectivity index is 2.61. The quantitative estimate of drug-likeness (QED) is 0.830. The average Bonchev–Trinajstić information content (AvgIpc) is 2.22. The monoisotopic (exact) mass is 263 g/mol. The van der Waals surface area contributed by atoms with Crippen molar-refractivity contribution in [1.82, 2.24) is 4.98 Å². The fourth-order valence-corrected chi connectivity index (χ4v) is 1.58. The summed E-state index contributed by atoms with van der Waals surface area (Å²) in [5.74, 6) is 0.220. The summed E-state index contributed by atoms with van der Waals surface area (Å²) >= 11 is 0. The summed E-state index contributed by atoms with van der Waals surface area (Å²) < 4.78 is 41.0. The number of aryl methyl sites for hydroxylation is 2. The number of ether oxygens (including phenoxy) is 1. The molecule has 1 rings (SSSR count). The van der Waals surface area contributed by atoms with Gasteiger partial charge < -0.3 is 9.84 Å². The van der Waals surface area contributed by atoms with E-state index in [9.17, 15) is 18.3 Å². The molecule has 1 heterocycles. The Hall–Kier alpha value is -1.30. The molecule has 0 spiro atoms. The van der Waals surface area contributed by atoms with Crippen LogP contribution in [0.2, 0.25) is 0 Å². The minimum absolute atomic E-state index is 0.0671. The van der Waals surface area contributed by atoms with Gasteiger partial charge >= 0.3 is 6.18 Å². The normalized spacial score (nSPS) is 11.7. The second-order valence-corrected chi connectivity index (χ2v) is 4.09. The summed E-state index contributed by atoms with van der Waals surface area (Å²) in [4.78, 5) is 4.08. The van der Waals surface area contributed by atoms with Crippen LogP contribution in [0.15, 0.2) is 6.07 Å². The first kappa shape index (κ1) is 14.8. The van der Waals surface area contributed by atoms with Crippen LogP contribution in [0.5, 0.6) is 5.88 Å². The highest BCUT2D eigenvalue weighted by Crippen LogP contribution is 2.23. The van der Waals surface area contributed by atoms with E-state index in [1.807, 2.05) is 0 Å². The maximum Gasteiger partial charge on any atom is 0.389 e. The molecular formula is C12H16F3NO2. The third-order valence-corrected chi connectivity index (χ3v) is 2.44. The van der Waals surface area contributed by atoms with Crippen LogP contribution in [0.4, 0.5) is 13.2 Å². The van der Waals surface area contributed by atoms with E-state index in [0.29, 0.717) is 11.3 Å². The van der Waals surface area contributed by atoms with Crippen molar-refractivity contribution >= 4 is 0 Å². The van der Waals surface area contributed by atoms with Crippen LogP contribution < -0.4 is 4.74 Å². The van der Waals surface area contributed by atoms with Crippen molar-refractivity contribution < 1.29 is 23.0 Å². The summed E-state index contributed by atoms with van der Waals surface area (Å²) in [7, 11) is 0. The first-order valence-corrected chi connectivity index (χ1v) is 5.61. The smallest absolute Gasteiger partial charge is 0.389 e. The number of nitrogens with zero attached hydrogens (tertiary/aromatic N) is 1. The Kier molecular flexibility index (Phi) is 4.95. The zero-order valence-corrected chi connectivity index (χ0v) is 10.3. The Morgan fingerprint density at radius 1 is 1.33 bits per heavy atom. The van der Waals surface area contributed by atoms with E-state index in [0.717, 1.165) is 5.56 Å². The van der Waals surface area contributed by atoms with Crippen molar-refractivity contribution in [1.29, 1.82) is 0 Å². The predicted molar refractivity (Wildman–Crippen MR) is 60.4 cm³/mol. The van der Waals surface area contributed by atoms with Gasteiger partial charge in [-0.1, -0.05) is 0 Å². The van der Waals surface area contributed by atoms with Crippen LogP contribution in [0.1, 0.15) is 29.7 Å². The van der Waals surface area contributed by atoms with E-state index in [2.05, 4.69) is 4.98 Å². The molecule has 0 aliphatic rings. The number of halogens is 3. The van der Waals surface area contributed by atoms with Gasteiger partial charge in [0.2, 0.25) is 5.88 Å². The lowest BCUT2D eigenvalue weighted by Gasteiger charge is -2.12. The van der Waals surface area contributed by atoms with Crippen LogP contribution in [-0.2, 0) is 6.61 Å². The van der Waals surface area contributed by atoms with Gasteiger partial charge in [0.05, 0.1) is 13.2 Å². The standard InChI is InChI=1S/C12H16F3NO2/c1-8-6-9(2)16-11(10(8)7-17)18-5-3-4-12(13,14)15/h6,17H,3-5,7H2,1-2H3. The largest absolute Gasteiger partial charge is 0.477 e. The maximum atomic E-state index is 11.9. The molecular weight excluding hydrogens is 247 g/mol. The van der Waals surface area contributed by atoms with Gasteiger partial charge in [0.15, 0.2) is 0 Å². The maximum absolute atomic E-state index is 11.9. The molecule has 0 bridgehead atoms. The summed E-state index contributed by atoms with van der Waals surface area (Å²) in [6.07, 6.45) is -5.17. The first-order valence-electron chi connectivity index (χ1n) is 5.61. The van der Waals surface area contributed by atoms with E-state index in [1.165, 1.54) is 0 Å². The Labute approximate surface area is 104 Å². The van der Waals surface area contributed by atoms with Crippen molar-refractivity contribution in [2.24, 2.45) is 0 Å². The van der Waals surface area contributed by atoms with Gasteiger partial charge in [-0.05, 0) is 31.9 Å². The molecule has 1 aromatic rings. The minimum atomic E-state index is -4.17. The van der Waals surface area contributed by atoms with E-state index in [1.54, 1.807) is 19.9 Å². The third kappa shape index (κ3) is 4.52. The lowest BCUT2D eigenvalue weighted by molar-refractivity contribution is -0.136. The lowest BCUT2D eigenvalue weighted by Crippen LogP contribution is -2.11. The summed E-state index contributed by atoms with van der Waals surface area (Å²) in [5, 5.41) is 9.18. The molecule has 1 N–H and O–H groups in total. The number of rotatable bonds is 5. The summed E-state index contributed by atoms with van der Waals surface area (Å²) in [5.41, 5.74) is 2.04. The number of hydrogen-bond donors (Lipinski definition) is 1. The fourth-order valence-electron chi connectivity index (χ4n) is 1.58. The molecule has 0 amide bonds. The molecule has 6 heteroatoms. The molecule has 0 aliphatic carbocycles. The second-order valence-electron chi connectivity index (χ2n) is 4.09. The van der Waals surface area contributed by atoms with E-state index < -0.39 is 12.6 Å². The highest BCUT2D eigenvalue weighted by molar-refractivity contribution is 5.35. The van der Waals surface area contributed by atoms with E-state index in [-0.39, 0.29) is 25.5 Å². The molecule has 0 saturated carbocycles. The predicted octanol–water partition coefficient (Wildman–Crippen LogP) is 2.91. The molecule has 0 unspecified atom stereocenters. The molecule has 0 aromatic carbocycles. The molecule has 0 radical (unpaired) electrons. The average molecular weight is 263 g/mol. The number of pyridine rings is 1. The van der Waals surface area contributed by atoms with E-state index in [4.69, 9.17) is 4.74 Å². The Morgan fingerprint density at radius 2 is 2.00 bits per heavy atom. The zero-order chi connectivity index (χ0) is 13.8.